The van der Waals surface area contributed by atoms with Crippen LogP contribution in [-0.2, 0) is 4.79 Å². The molecule has 20 heavy (non-hydrogen) atoms. The fourth-order valence-electron chi connectivity index (χ4n) is 1.78. The molecule has 3 N–H and O–H groups in total. The number of amides is 2. The van der Waals surface area contributed by atoms with E-state index < -0.39 is 18.0 Å². The van der Waals surface area contributed by atoms with Crippen LogP contribution in [0.4, 0.5) is 4.79 Å². The minimum Gasteiger partial charge on any atom is -0.480 e. The highest BCUT2D eigenvalue weighted by Crippen LogP contribution is 2.04. The van der Waals surface area contributed by atoms with E-state index in [4.69, 9.17) is 5.11 Å². The largest absolute Gasteiger partial charge is 0.480 e. The van der Waals surface area contributed by atoms with E-state index in [1.807, 2.05) is 20.9 Å². The number of likely N-dealkylation sites (N-methyl/N-ethyl adjacent to an activating group) is 1. The summed E-state index contributed by atoms with van der Waals surface area (Å²) in [4.78, 5) is 24.8. The molecule has 0 saturated carbocycles. The van der Waals surface area contributed by atoms with Crippen molar-refractivity contribution in [1.29, 1.82) is 0 Å². The summed E-state index contributed by atoms with van der Waals surface area (Å²) in [5.41, 5.74) is 0. The van der Waals surface area contributed by atoms with Gasteiger partial charge in [0.25, 0.3) is 0 Å². The minimum absolute atomic E-state index is 0.216. The first-order valence-corrected chi connectivity index (χ1v) is 7.25. The molecule has 0 aromatic carbocycles. The van der Waals surface area contributed by atoms with Crippen molar-refractivity contribution >= 4 is 12.0 Å². The van der Waals surface area contributed by atoms with Crippen molar-refractivity contribution in [2.24, 2.45) is 5.92 Å². The molecule has 2 amide bonds. The average Bonchev–Trinajstić information content (AvgIpc) is 2.36. The Kier molecular flexibility index (Phi) is 8.96. The zero-order valence-electron chi connectivity index (χ0n) is 13.3. The summed E-state index contributed by atoms with van der Waals surface area (Å²) >= 11 is 0. The van der Waals surface area contributed by atoms with Gasteiger partial charge in [-0.25, -0.2) is 9.59 Å². The summed E-state index contributed by atoms with van der Waals surface area (Å²) in [7, 11) is 2.01. The summed E-state index contributed by atoms with van der Waals surface area (Å²) in [5, 5.41) is 14.2. The van der Waals surface area contributed by atoms with E-state index in [1.54, 1.807) is 0 Å². The number of nitrogens with one attached hydrogen (secondary N) is 2. The zero-order chi connectivity index (χ0) is 15.7. The molecule has 0 aliphatic heterocycles. The number of carboxylic acids is 1. The van der Waals surface area contributed by atoms with E-state index in [2.05, 4.69) is 29.4 Å². The van der Waals surface area contributed by atoms with Crippen LogP contribution in [0, 0.1) is 5.92 Å². The third kappa shape index (κ3) is 7.99. The van der Waals surface area contributed by atoms with Crippen LogP contribution in [0.25, 0.3) is 0 Å². The van der Waals surface area contributed by atoms with E-state index in [0.29, 0.717) is 19.0 Å². The Morgan fingerprint density at radius 3 is 2.30 bits per heavy atom. The van der Waals surface area contributed by atoms with Gasteiger partial charge in [0.05, 0.1) is 0 Å². The Morgan fingerprint density at radius 2 is 1.85 bits per heavy atom. The van der Waals surface area contributed by atoms with Gasteiger partial charge in [0.1, 0.15) is 6.04 Å². The van der Waals surface area contributed by atoms with Gasteiger partial charge < -0.3 is 20.6 Å². The molecule has 0 rings (SSSR count). The lowest BCUT2D eigenvalue weighted by Crippen LogP contribution is -2.48. The molecular weight excluding hydrogens is 258 g/mol. The summed E-state index contributed by atoms with van der Waals surface area (Å²) in [6.07, 6.45) is 1.48. The molecule has 0 saturated heterocycles. The molecule has 118 valence electrons. The first kappa shape index (κ1) is 18.7. The van der Waals surface area contributed by atoms with E-state index in [9.17, 15) is 9.59 Å². The third-order valence-electron chi connectivity index (χ3n) is 3.40. The number of urea groups is 1. The lowest BCUT2D eigenvalue weighted by atomic mass is 10.0. The zero-order valence-corrected chi connectivity index (χ0v) is 13.3. The molecule has 0 heterocycles. The molecule has 6 heteroatoms. The molecule has 0 aliphatic rings. The normalized spacial score (nSPS) is 14.2. The number of rotatable bonds is 9. The molecule has 2 atom stereocenters. The SMILES string of the molecule is CCC(C)N(C)CCNC(=O)N[C@@H](CC(C)C)C(=O)O. The fourth-order valence-corrected chi connectivity index (χ4v) is 1.78. The molecule has 0 fully saturated rings. The van der Waals surface area contributed by atoms with Crippen LogP contribution in [0.2, 0.25) is 0 Å². The lowest BCUT2D eigenvalue weighted by Gasteiger charge is -2.23. The summed E-state index contributed by atoms with van der Waals surface area (Å²) in [5.74, 6) is -0.779. The first-order valence-electron chi connectivity index (χ1n) is 7.25. The summed E-state index contributed by atoms with van der Waals surface area (Å²) in [6.45, 7) is 9.34. The molecule has 0 aromatic heterocycles. The van der Waals surface area contributed by atoms with Gasteiger partial charge in [-0.05, 0) is 32.7 Å². The van der Waals surface area contributed by atoms with Crippen LogP contribution in [0.5, 0.6) is 0 Å². The van der Waals surface area contributed by atoms with Gasteiger partial charge in [0, 0.05) is 19.1 Å². The number of carbonyl (C=O) groups excluding carboxylic acids is 1. The minimum atomic E-state index is -0.995. The number of nitrogens with zero attached hydrogens (tertiary/aromatic N) is 1. The van der Waals surface area contributed by atoms with Crippen molar-refractivity contribution < 1.29 is 14.7 Å². The highest BCUT2D eigenvalue weighted by molar-refractivity contribution is 5.82. The average molecular weight is 287 g/mol. The summed E-state index contributed by atoms with van der Waals surface area (Å²) < 4.78 is 0. The Bertz CT molecular complexity index is 308. The number of carbonyl (C=O) groups is 2. The standard InChI is InChI=1S/C14H29N3O3/c1-6-11(4)17(5)8-7-15-14(20)16-12(13(18)19)9-10(2)3/h10-12H,6-9H2,1-5H3,(H,18,19)(H2,15,16,20)/t11?,12-/m0/s1. The predicted octanol–water partition coefficient (Wildman–Crippen LogP) is 1.52. The predicted molar refractivity (Wildman–Crippen MR) is 79.8 cm³/mol. The van der Waals surface area contributed by atoms with Crippen molar-refractivity contribution in [3.8, 4) is 0 Å². The smallest absolute Gasteiger partial charge is 0.326 e. The van der Waals surface area contributed by atoms with E-state index in [0.717, 1.165) is 13.0 Å². The number of carboxylic acid groups (broad SMARTS) is 1. The van der Waals surface area contributed by atoms with Crippen LogP contribution < -0.4 is 10.6 Å². The summed E-state index contributed by atoms with van der Waals surface area (Å²) in [6, 6.07) is -0.787. The Morgan fingerprint density at radius 1 is 1.25 bits per heavy atom. The van der Waals surface area contributed by atoms with Crippen LogP contribution in [0.3, 0.4) is 0 Å². The van der Waals surface area contributed by atoms with Crippen molar-refractivity contribution in [2.45, 2.75) is 52.6 Å². The lowest BCUT2D eigenvalue weighted by molar-refractivity contribution is -0.139. The van der Waals surface area contributed by atoms with Gasteiger partial charge >= 0.3 is 12.0 Å². The molecule has 6 nitrogen and oxygen atoms in total. The number of hydrogen-bond acceptors (Lipinski definition) is 3. The van der Waals surface area contributed by atoms with Gasteiger partial charge in [-0.15, -0.1) is 0 Å². The second-order valence-electron chi connectivity index (χ2n) is 5.66. The van der Waals surface area contributed by atoms with Crippen LogP contribution in [0.1, 0.15) is 40.5 Å². The third-order valence-corrected chi connectivity index (χ3v) is 3.40. The molecule has 0 spiro atoms. The van der Waals surface area contributed by atoms with Crippen LogP contribution >= 0.6 is 0 Å². The van der Waals surface area contributed by atoms with Gasteiger partial charge in [0.15, 0.2) is 0 Å². The highest BCUT2D eigenvalue weighted by atomic mass is 16.4. The van der Waals surface area contributed by atoms with Gasteiger partial charge in [-0.3, -0.25) is 0 Å². The van der Waals surface area contributed by atoms with Crippen molar-refractivity contribution in [3.63, 3.8) is 0 Å². The maximum atomic E-state index is 11.7. The Labute approximate surface area is 121 Å². The number of aliphatic carboxylic acids is 1. The van der Waals surface area contributed by atoms with Gasteiger partial charge in [-0.1, -0.05) is 20.8 Å². The second-order valence-corrected chi connectivity index (χ2v) is 5.66. The van der Waals surface area contributed by atoms with Crippen molar-refractivity contribution in [3.05, 3.63) is 0 Å². The van der Waals surface area contributed by atoms with E-state index in [1.165, 1.54) is 0 Å². The molecule has 0 radical (unpaired) electrons. The van der Waals surface area contributed by atoms with Gasteiger partial charge in [0.2, 0.25) is 0 Å². The molecule has 0 aliphatic carbocycles. The maximum absolute atomic E-state index is 11.7. The van der Waals surface area contributed by atoms with Crippen LogP contribution in [-0.4, -0.2) is 54.2 Å². The second kappa shape index (κ2) is 9.58. The van der Waals surface area contributed by atoms with E-state index in [-0.39, 0.29) is 5.92 Å². The van der Waals surface area contributed by atoms with E-state index >= 15 is 0 Å². The quantitative estimate of drug-likeness (QED) is 0.600. The number of hydrogen-bond donors (Lipinski definition) is 3. The Hall–Kier alpha value is -1.30. The molecule has 1 unspecified atom stereocenters. The topological polar surface area (TPSA) is 81.7 Å². The highest BCUT2D eigenvalue weighted by Gasteiger charge is 2.20. The monoisotopic (exact) mass is 287 g/mol. The molecular formula is C14H29N3O3. The van der Waals surface area contributed by atoms with Gasteiger partial charge in [-0.2, -0.15) is 0 Å². The fraction of sp³-hybridized carbons (Fsp3) is 0.857. The maximum Gasteiger partial charge on any atom is 0.326 e. The molecule has 0 bridgehead atoms. The Balaban J connectivity index is 4.05. The van der Waals surface area contributed by atoms with Crippen LogP contribution in [0.15, 0.2) is 0 Å². The van der Waals surface area contributed by atoms with Crippen molar-refractivity contribution in [1.82, 2.24) is 15.5 Å². The first-order chi connectivity index (χ1) is 9.27. The van der Waals surface area contributed by atoms with Crippen molar-refractivity contribution in [2.75, 3.05) is 20.1 Å². The molecule has 0 aromatic rings.